The first kappa shape index (κ1) is 16.5. The summed E-state index contributed by atoms with van der Waals surface area (Å²) in [5.41, 5.74) is 2.90. The van der Waals surface area contributed by atoms with E-state index in [0.717, 1.165) is 18.5 Å². The van der Waals surface area contributed by atoms with E-state index in [2.05, 4.69) is 33.9 Å². The fourth-order valence-electron chi connectivity index (χ4n) is 3.64. The number of para-hydroxylation sites is 1. The Morgan fingerprint density at radius 2 is 1.81 bits per heavy atom. The number of carbonyl (C=O) groups excluding carboxylic acids is 2. The maximum atomic E-state index is 12.6. The van der Waals surface area contributed by atoms with Gasteiger partial charge in [-0.05, 0) is 25.0 Å². The lowest BCUT2D eigenvalue weighted by atomic mass is 10.1. The second kappa shape index (κ2) is 6.74. The molecule has 1 aromatic heterocycles. The van der Waals surface area contributed by atoms with Crippen molar-refractivity contribution in [3.63, 3.8) is 0 Å². The Morgan fingerprint density at radius 1 is 1.12 bits per heavy atom. The van der Waals surface area contributed by atoms with Crippen LogP contribution in [-0.4, -0.2) is 64.3 Å². The Labute approximate surface area is 152 Å². The number of amides is 2. The first-order chi connectivity index (χ1) is 12.7. The monoisotopic (exact) mass is 351 g/mol. The SMILES string of the molecule is CC1Cc2ccccc2N1c1ncc(C(=O)N2CCN(C=O)CC2)cn1. The Morgan fingerprint density at radius 3 is 2.50 bits per heavy atom. The van der Waals surface area contributed by atoms with Gasteiger partial charge in [0.2, 0.25) is 12.4 Å². The molecule has 1 unspecified atom stereocenters. The highest BCUT2D eigenvalue weighted by atomic mass is 16.2. The minimum Gasteiger partial charge on any atom is -0.342 e. The molecule has 2 aromatic rings. The Kier molecular flexibility index (Phi) is 4.28. The Bertz CT molecular complexity index is 815. The molecule has 26 heavy (non-hydrogen) atoms. The van der Waals surface area contributed by atoms with E-state index in [1.807, 2.05) is 12.1 Å². The van der Waals surface area contributed by atoms with Crippen molar-refractivity contribution in [1.82, 2.24) is 19.8 Å². The minimum absolute atomic E-state index is 0.0861. The second-order valence-electron chi connectivity index (χ2n) is 6.76. The Hall–Kier alpha value is -2.96. The highest BCUT2D eigenvalue weighted by Crippen LogP contribution is 2.36. The van der Waals surface area contributed by atoms with Gasteiger partial charge in [-0.1, -0.05) is 18.2 Å². The molecule has 134 valence electrons. The highest BCUT2D eigenvalue weighted by molar-refractivity contribution is 5.93. The van der Waals surface area contributed by atoms with Crippen molar-refractivity contribution in [3.8, 4) is 0 Å². The van der Waals surface area contributed by atoms with Gasteiger partial charge in [0.15, 0.2) is 0 Å². The second-order valence-corrected chi connectivity index (χ2v) is 6.76. The summed E-state index contributed by atoms with van der Waals surface area (Å²) in [5, 5.41) is 0. The van der Waals surface area contributed by atoms with Gasteiger partial charge in [0, 0.05) is 50.3 Å². The van der Waals surface area contributed by atoms with Crippen LogP contribution in [0.15, 0.2) is 36.7 Å². The van der Waals surface area contributed by atoms with Gasteiger partial charge < -0.3 is 14.7 Å². The molecule has 0 aliphatic carbocycles. The number of rotatable bonds is 3. The summed E-state index contributed by atoms with van der Waals surface area (Å²) in [4.78, 5) is 37.8. The third-order valence-corrected chi connectivity index (χ3v) is 5.06. The van der Waals surface area contributed by atoms with Crippen LogP contribution in [-0.2, 0) is 11.2 Å². The molecule has 2 aliphatic heterocycles. The Balaban J connectivity index is 1.51. The van der Waals surface area contributed by atoms with Crippen molar-refractivity contribution in [2.24, 2.45) is 0 Å². The average Bonchev–Trinajstić information content (AvgIpc) is 3.03. The van der Waals surface area contributed by atoms with Gasteiger partial charge >= 0.3 is 0 Å². The van der Waals surface area contributed by atoms with E-state index in [4.69, 9.17) is 0 Å². The van der Waals surface area contributed by atoms with Crippen LogP contribution in [0.5, 0.6) is 0 Å². The number of carbonyl (C=O) groups is 2. The molecule has 0 spiro atoms. The van der Waals surface area contributed by atoms with E-state index < -0.39 is 0 Å². The van der Waals surface area contributed by atoms with Crippen LogP contribution in [0.2, 0.25) is 0 Å². The van der Waals surface area contributed by atoms with E-state index in [1.54, 1.807) is 22.2 Å². The summed E-state index contributed by atoms with van der Waals surface area (Å²) >= 11 is 0. The summed E-state index contributed by atoms with van der Waals surface area (Å²) in [6, 6.07) is 8.55. The van der Waals surface area contributed by atoms with Crippen molar-refractivity contribution in [1.29, 1.82) is 0 Å². The molecule has 2 aliphatic rings. The van der Waals surface area contributed by atoms with Crippen LogP contribution in [0.25, 0.3) is 0 Å². The van der Waals surface area contributed by atoms with Gasteiger partial charge in [0.25, 0.3) is 5.91 Å². The normalized spacial score (nSPS) is 19.4. The van der Waals surface area contributed by atoms with E-state index in [-0.39, 0.29) is 11.9 Å². The van der Waals surface area contributed by atoms with E-state index in [9.17, 15) is 9.59 Å². The van der Waals surface area contributed by atoms with Crippen LogP contribution < -0.4 is 4.90 Å². The highest BCUT2D eigenvalue weighted by Gasteiger charge is 2.29. The number of aromatic nitrogens is 2. The number of fused-ring (bicyclic) bond motifs is 1. The number of anilines is 2. The largest absolute Gasteiger partial charge is 0.342 e. The molecule has 2 amide bonds. The van der Waals surface area contributed by atoms with Gasteiger partial charge in [0.1, 0.15) is 0 Å². The molecule has 1 fully saturated rings. The van der Waals surface area contributed by atoms with Gasteiger partial charge in [-0.25, -0.2) is 9.97 Å². The molecular weight excluding hydrogens is 330 g/mol. The molecule has 0 radical (unpaired) electrons. The quantitative estimate of drug-likeness (QED) is 0.784. The maximum absolute atomic E-state index is 12.6. The van der Waals surface area contributed by atoms with Crippen molar-refractivity contribution in [3.05, 3.63) is 47.8 Å². The van der Waals surface area contributed by atoms with Crippen molar-refractivity contribution in [2.45, 2.75) is 19.4 Å². The summed E-state index contributed by atoms with van der Waals surface area (Å²) in [5.74, 6) is 0.529. The van der Waals surface area contributed by atoms with Crippen LogP contribution in [0.3, 0.4) is 0 Å². The standard InChI is InChI=1S/C19H21N5O2/c1-14-10-15-4-2-3-5-17(15)24(14)19-20-11-16(12-21-19)18(26)23-8-6-22(13-25)7-9-23/h2-5,11-14H,6-10H2,1H3. The molecule has 3 heterocycles. The molecule has 7 heteroatoms. The molecule has 1 atom stereocenters. The lowest BCUT2D eigenvalue weighted by molar-refractivity contribution is -0.119. The molecule has 0 saturated carbocycles. The van der Waals surface area contributed by atoms with Gasteiger partial charge in [-0.15, -0.1) is 0 Å². The molecule has 0 bridgehead atoms. The number of hydrogen-bond donors (Lipinski definition) is 0. The van der Waals surface area contributed by atoms with Crippen molar-refractivity contribution in [2.75, 3.05) is 31.1 Å². The van der Waals surface area contributed by atoms with E-state index in [1.165, 1.54) is 5.56 Å². The third-order valence-electron chi connectivity index (χ3n) is 5.06. The predicted octanol–water partition coefficient (Wildman–Crippen LogP) is 1.47. The van der Waals surface area contributed by atoms with Crippen LogP contribution in [0.4, 0.5) is 11.6 Å². The molecule has 0 N–H and O–H groups in total. The lowest BCUT2D eigenvalue weighted by Crippen LogP contribution is -2.48. The van der Waals surface area contributed by atoms with Crippen molar-refractivity contribution < 1.29 is 9.59 Å². The molecular formula is C19H21N5O2. The lowest BCUT2D eigenvalue weighted by Gasteiger charge is -2.32. The smallest absolute Gasteiger partial charge is 0.257 e. The maximum Gasteiger partial charge on any atom is 0.257 e. The number of hydrogen-bond acceptors (Lipinski definition) is 5. The number of piperazine rings is 1. The summed E-state index contributed by atoms with van der Waals surface area (Å²) in [6.07, 6.45) is 4.99. The van der Waals surface area contributed by atoms with E-state index >= 15 is 0 Å². The van der Waals surface area contributed by atoms with Gasteiger partial charge in [-0.2, -0.15) is 0 Å². The number of benzene rings is 1. The zero-order chi connectivity index (χ0) is 18.1. The van der Waals surface area contributed by atoms with Crippen LogP contribution >= 0.6 is 0 Å². The molecule has 4 rings (SSSR count). The third kappa shape index (κ3) is 2.89. The zero-order valence-electron chi connectivity index (χ0n) is 14.7. The average molecular weight is 351 g/mol. The molecule has 1 saturated heterocycles. The summed E-state index contributed by atoms with van der Waals surface area (Å²) in [7, 11) is 0. The van der Waals surface area contributed by atoms with Crippen LogP contribution in [0.1, 0.15) is 22.8 Å². The van der Waals surface area contributed by atoms with Crippen LogP contribution in [0, 0.1) is 0 Å². The minimum atomic E-state index is -0.0861. The van der Waals surface area contributed by atoms with Gasteiger partial charge in [0.05, 0.1) is 5.56 Å². The summed E-state index contributed by atoms with van der Waals surface area (Å²) in [6.45, 7) is 4.35. The molecule has 1 aromatic carbocycles. The summed E-state index contributed by atoms with van der Waals surface area (Å²) < 4.78 is 0. The first-order valence-corrected chi connectivity index (χ1v) is 8.85. The molecule has 7 nitrogen and oxygen atoms in total. The fourth-order valence-corrected chi connectivity index (χ4v) is 3.64. The van der Waals surface area contributed by atoms with Crippen molar-refractivity contribution >= 4 is 24.0 Å². The topological polar surface area (TPSA) is 69.6 Å². The van der Waals surface area contributed by atoms with E-state index in [0.29, 0.717) is 37.7 Å². The fraction of sp³-hybridized carbons (Fsp3) is 0.368. The van der Waals surface area contributed by atoms with Gasteiger partial charge in [-0.3, -0.25) is 9.59 Å². The predicted molar refractivity (Wildman–Crippen MR) is 97.3 cm³/mol. The first-order valence-electron chi connectivity index (χ1n) is 8.85. The number of nitrogens with zero attached hydrogens (tertiary/aromatic N) is 5. The zero-order valence-corrected chi connectivity index (χ0v) is 14.7.